The smallest absolute Gasteiger partial charge is 0.322 e. The van der Waals surface area contributed by atoms with Crippen molar-refractivity contribution in [1.29, 1.82) is 0 Å². The summed E-state index contributed by atoms with van der Waals surface area (Å²) in [5.41, 5.74) is 1.66. The van der Waals surface area contributed by atoms with Crippen LogP contribution < -0.4 is 15.0 Å². The predicted octanol–water partition coefficient (Wildman–Crippen LogP) is 1.84. The Balaban J connectivity index is 1.59. The Morgan fingerprint density at radius 2 is 2.32 bits per heavy atom. The molecule has 132 valence electrons. The number of fused-ring (bicyclic) bond motifs is 3. The Kier molecular flexibility index (Phi) is 3.95. The molecule has 4 rings (SSSR count). The van der Waals surface area contributed by atoms with Gasteiger partial charge in [-0.1, -0.05) is 6.07 Å². The van der Waals surface area contributed by atoms with Crippen LogP contribution in [0.2, 0.25) is 0 Å². The molecule has 0 unspecified atom stereocenters. The van der Waals surface area contributed by atoms with E-state index >= 15 is 0 Å². The second-order valence-electron chi connectivity index (χ2n) is 6.51. The molecule has 2 aliphatic heterocycles. The Hall–Kier alpha value is -2.77. The van der Waals surface area contributed by atoms with Crippen LogP contribution >= 0.6 is 0 Å². The molecule has 2 aromatic heterocycles. The Morgan fingerprint density at radius 1 is 1.44 bits per heavy atom. The van der Waals surface area contributed by atoms with Gasteiger partial charge in [0.15, 0.2) is 0 Å². The van der Waals surface area contributed by atoms with Crippen LogP contribution in [0.4, 0.5) is 16.3 Å². The number of urea groups is 1. The number of anilines is 2. The molecule has 0 spiro atoms. The lowest BCUT2D eigenvalue weighted by molar-refractivity contribution is 0.207. The van der Waals surface area contributed by atoms with Crippen LogP contribution in [-0.4, -0.2) is 51.9 Å². The summed E-state index contributed by atoms with van der Waals surface area (Å²) in [6.45, 7) is 2.23. The minimum atomic E-state index is -0.144. The minimum Gasteiger partial charge on any atom is -0.478 e. The van der Waals surface area contributed by atoms with Crippen LogP contribution in [-0.2, 0) is 13.6 Å². The lowest BCUT2D eigenvalue weighted by atomic mass is 10.2. The minimum absolute atomic E-state index is 0.144. The molecule has 0 radical (unpaired) electrons. The van der Waals surface area contributed by atoms with Crippen molar-refractivity contribution in [2.45, 2.75) is 25.4 Å². The number of carbonyl (C=O) groups is 1. The molecule has 8 heteroatoms. The molecule has 1 saturated heterocycles. The van der Waals surface area contributed by atoms with Gasteiger partial charge >= 0.3 is 6.03 Å². The molecule has 0 aromatic carbocycles. The highest BCUT2D eigenvalue weighted by molar-refractivity contribution is 5.90. The third kappa shape index (κ3) is 2.88. The van der Waals surface area contributed by atoms with E-state index in [9.17, 15) is 4.79 Å². The van der Waals surface area contributed by atoms with Gasteiger partial charge in [-0.2, -0.15) is 0 Å². The average Bonchev–Trinajstić information content (AvgIpc) is 3.17. The zero-order valence-corrected chi connectivity index (χ0v) is 14.5. The van der Waals surface area contributed by atoms with Gasteiger partial charge in [-0.05, 0) is 18.9 Å². The number of ether oxygens (including phenoxy) is 1. The summed E-state index contributed by atoms with van der Waals surface area (Å²) in [6.07, 6.45) is 5.78. The molecular weight excluding hydrogens is 320 g/mol. The summed E-state index contributed by atoms with van der Waals surface area (Å²) in [5.74, 6) is 1.43. The van der Waals surface area contributed by atoms with E-state index in [4.69, 9.17) is 4.74 Å². The summed E-state index contributed by atoms with van der Waals surface area (Å²) in [7, 11) is 3.34. The predicted molar refractivity (Wildman–Crippen MR) is 93.8 cm³/mol. The standard InChI is InChI=1S/C17H22N6O2/c1-21-11-14(16(20-21)25-2)19-17(24)22-9-12-5-3-7-18-15(12)23-8-4-6-13(23)10-22/h3,5,7,11,13H,4,6,8-10H2,1-2H3,(H,19,24)/t13-/m1/s1. The van der Waals surface area contributed by atoms with Crippen molar-refractivity contribution in [3.05, 3.63) is 30.1 Å². The Labute approximate surface area is 146 Å². The molecule has 2 amide bonds. The zero-order valence-electron chi connectivity index (χ0n) is 14.5. The first kappa shape index (κ1) is 15.7. The topological polar surface area (TPSA) is 75.5 Å². The number of hydrogen-bond donors (Lipinski definition) is 1. The maximum absolute atomic E-state index is 12.9. The average molecular weight is 342 g/mol. The molecule has 2 aromatic rings. The van der Waals surface area contributed by atoms with E-state index in [0.717, 1.165) is 30.8 Å². The van der Waals surface area contributed by atoms with Crippen molar-refractivity contribution in [3.8, 4) is 5.88 Å². The fourth-order valence-electron chi connectivity index (χ4n) is 3.69. The second kappa shape index (κ2) is 6.27. The maximum atomic E-state index is 12.9. The first-order valence-electron chi connectivity index (χ1n) is 8.50. The first-order chi connectivity index (χ1) is 12.2. The number of rotatable bonds is 2. The maximum Gasteiger partial charge on any atom is 0.322 e. The van der Waals surface area contributed by atoms with Crippen LogP contribution in [0.25, 0.3) is 0 Å². The van der Waals surface area contributed by atoms with E-state index in [1.54, 1.807) is 25.0 Å². The third-order valence-electron chi connectivity index (χ3n) is 4.83. The number of nitrogens with one attached hydrogen (secondary N) is 1. The van der Waals surface area contributed by atoms with Gasteiger partial charge in [0, 0.05) is 37.9 Å². The summed E-state index contributed by atoms with van der Waals surface area (Å²) in [6, 6.07) is 4.15. The largest absolute Gasteiger partial charge is 0.478 e. The van der Waals surface area contributed by atoms with Crippen LogP contribution in [0.1, 0.15) is 18.4 Å². The number of pyridine rings is 1. The molecule has 1 atom stereocenters. The van der Waals surface area contributed by atoms with Gasteiger partial charge in [0.1, 0.15) is 11.5 Å². The molecule has 8 nitrogen and oxygen atoms in total. The Morgan fingerprint density at radius 3 is 3.16 bits per heavy atom. The second-order valence-corrected chi connectivity index (χ2v) is 6.51. The van der Waals surface area contributed by atoms with Crippen molar-refractivity contribution < 1.29 is 9.53 Å². The number of amides is 2. The van der Waals surface area contributed by atoms with Crippen molar-refractivity contribution in [2.24, 2.45) is 7.05 Å². The van der Waals surface area contributed by atoms with E-state index in [1.165, 1.54) is 0 Å². The van der Waals surface area contributed by atoms with Gasteiger partial charge < -0.3 is 19.9 Å². The lowest BCUT2D eigenvalue weighted by Crippen LogP contribution is -2.42. The quantitative estimate of drug-likeness (QED) is 0.901. The zero-order chi connectivity index (χ0) is 17.4. The van der Waals surface area contributed by atoms with Gasteiger partial charge in [0.25, 0.3) is 5.88 Å². The molecule has 1 N–H and O–H groups in total. The van der Waals surface area contributed by atoms with Crippen LogP contribution in [0.3, 0.4) is 0 Å². The lowest BCUT2D eigenvalue weighted by Gasteiger charge is -2.26. The van der Waals surface area contributed by atoms with Crippen molar-refractivity contribution in [1.82, 2.24) is 19.7 Å². The molecule has 25 heavy (non-hydrogen) atoms. The van der Waals surface area contributed by atoms with Crippen molar-refractivity contribution >= 4 is 17.5 Å². The monoisotopic (exact) mass is 342 g/mol. The van der Waals surface area contributed by atoms with E-state index in [1.807, 2.05) is 23.2 Å². The SMILES string of the molecule is COc1nn(C)cc1NC(=O)N1Cc2cccnc2N2CCC[C@@H]2C1. The van der Waals surface area contributed by atoms with Gasteiger partial charge in [-0.15, -0.1) is 5.10 Å². The van der Waals surface area contributed by atoms with Crippen molar-refractivity contribution in [3.63, 3.8) is 0 Å². The molecule has 0 aliphatic carbocycles. The fourth-order valence-corrected chi connectivity index (χ4v) is 3.69. The van der Waals surface area contributed by atoms with Gasteiger partial charge in [0.2, 0.25) is 0 Å². The summed E-state index contributed by atoms with van der Waals surface area (Å²) >= 11 is 0. The number of nitrogens with zero attached hydrogens (tertiary/aromatic N) is 5. The normalized spacial score (nSPS) is 19.2. The Bertz CT molecular complexity index is 789. The van der Waals surface area contributed by atoms with E-state index in [-0.39, 0.29) is 6.03 Å². The van der Waals surface area contributed by atoms with Crippen molar-refractivity contribution in [2.75, 3.05) is 30.4 Å². The molecule has 1 fully saturated rings. The van der Waals surface area contributed by atoms with Gasteiger partial charge in [-0.25, -0.2) is 9.78 Å². The van der Waals surface area contributed by atoms with E-state index in [2.05, 4.69) is 20.3 Å². The van der Waals surface area contributed by atoms with Crippen LogP contribution in [0, 0.1) is 0 Å². The van der Waals surface area contributed by atoms with E-state index in [0.29, 0.717) is 30.7 Å². The van der Waals surface area contributed by atoms with Gasteiger partial charge in [0.05, 0.1) is 19.9 Å². The van der Waals surface area contributed by atoms with Gasteiger partial charge in [-0.3, -0.25) is 4.68 Å². The molecule has 4 heterocycles. The number of aryl methyl sites for hydroxylation is 1. The number of hydrogen-bond acceptors (Lipinski definition) is 5. The highest BCUT2D eigenvalue weighted by atomic mass is 16.5. The summed E-state index contributed by atoms with van der Waals surface area (Å²) in [5, 5.41) is 7.11. The highest BCUT2D eigenvalue weighted by Crippen LogP contribution is 2.32. The van der Waals surface area contributed by atoms with Crippen LogP contribution in [0.5, 0.6) is 5.88 Å². The third-order valence-corrected chi connectivity index (χ3v) is 4.83. The first-order valence-corrected chi connectivity index (χ1v) is 8.50. The molecular formula is C17H22N6O2. The molecule has 2 aliphatic rings. The molecule has 0 saturated carbocycles. The number of methoxy groups -OCH3 is 1. The number of aromatic nitrogens is 3. The van der Waals surface area contributed by atoms with Crippen LogP contribution in [0.15, 0.2) is 24.5 Å². The van der Waals surface area contributed by atoms with E-state index < -0.39 is 0 Å². The highest BCUT2D eigenvalue weighted by Gasteiger charge is 2.34. The fraction of sp³-hybridized carbons (Fsp3) is 0.471. The summed E-state index contributed by atoms with van der Waals surface area (Å²) in [4.78, 5) is 21.6. The number of carbonyl (C=O) groups excluding carboxylic acids is 1. The molecule has 0 bridgehead atoms. The summed E-state index contributed by atoms with van der Waals surface area (Å²) < 4.78 is 6.84.